The van der Waals surface area contributed by atoms with Crippen LogP contribution in [0.3, 0.4) is 0 Å². The number of rotatable bonds is 7. The molecule has 1 amide bonds. The fraction of sp³-hybridized carbons (Fsp3) is 0.435. The Bertz CT molecular complexity index is 1020. The Balaban J connectivity index is 1.79. The molecule has 1 N–H and O–H groups in total. The van der Waals surface area contributed by atoms with Crippen molar-refractivity contribution in [1.82, 2.24) is 4.31 Å². The standard InChI is InChI=1S/C23H29ClN2O4S/c1-17(2)30-16-18-8-7-9-20(14-18)25-23(27)19-10-11-21(24)22(15-19)31(28,29)26-12-5-3-4-6-13-26/h7-11,14-15,17H,3-6,12-13,16H2,1-2H3,(H,25,27). The normalized spacial score (nSPS) is 15.6. The van der Waals surface area contributed by atoms with E-state index in [9.17, 15) is 13.2 Å². The summed E-state index contributed by atoms with van der Waals surface area (Å²) in [7, 11) is -3.76. The van der Waals surface area contributed by atoms with Crippen molar-refractivity contribution in [2.24, 2.45) is 0 Å². The maximum atomic E-state index is 13.2. The quantitative estimate of drug-likeness (QED) is 0.619. The summed E-state index contributed by atoms with van der Waals surface area (Å²) in [5.41, 5.74) is 1.79. The Labute approximate surface area is 189 Å². The molecule has 3 rings (SSSR count). The van der Waals surface area contributed by atoms with Gasteiger partial charge in [0.25, 0.3) is 5.91 Å². The molecule has 8 heteroatoms. The second kappa shape index (κ2) is 10.6. The topological polar surface area (TPSA) is 75.7 Å². The number of nitrogens with zero attached hydrogens (tertiary/aromatic N) is 1. The van der Waals surface area contributed by atoms with Gasteiger partial charge in [-0.3, -0.25) is 4.79 Å². The summed E-state index contributed by atoms with van der Waals surface area (Å²) in [6.45, 7) is 5.31. The van der Waals surface area contributed by atoms with Gasteiger partial charge in [0.1, 0.15) is 4.90 Å². The van der Waals surface area contributed by atoms with Crippen molar-refractivity contribution < 1.29 is 17.9 Å². The van der Waals surface area contributed by atoms with E-state index in [1.54, 1.807) is 6.07 Å². The van der Waals surface area contributed by atoms with Crippen LogP contribution in [0.5, 0.6) is 0 Å². The van der Waals surface area contributed by atoms with E-state index in [4.69, 9.17) is 16.3 Å². The van der Waals surface area contributed by atoms with Crippen LogP contribution >= 0.6 is 11.6 Å². The molecule has 1 aliphatic rings. The maximum absolute atomic E-state index is 13.2. The number of carbonyl (C=O) groups is 1. The third-order valence-corrected chi connectivity index (χ3v) is 7.52. The van der Waals surface area contributed by atoms with Crippen molar-refractivity contribution in [3.05, 3.63) is 58.6 Å². The molecule has 1 saturated heterocycles. The van der Waals surface area contributed by atoms with Crippen molar-refractivity contribution in [1.29, 1.82) is 0 Å². The van der Waals surface area contributed by atoms with Crippen LogP contribution in [0, 0.1) is 0 Å². The van der Waals surface area contributed by atoms with Crippen LogP contribution < -0.4 is 5.32 Å². The van der Waals surface area contributed by atoms with Crippen molar-refractivity contribution in [3.63, 3.8) is 0 Å². The fourth-order valence-corrected chi connectivity index (χ4v) is 5.49. The lowest BCUT2D eigenvalue weighted by Crippen LogP contribution is -2.32. The van der Waals surface area contributed by atoms with Gasteiger partial charge in [-0.05, 0) is 62.6 Å². The summed E-state index contributed by atoms with van der Waals surface area (Å²) < 4.78 is 33.4. The number of halogens is 1. The average molecular weight is 465 g/mol. The van der Waals surface area contributed by atoms with Gasteiger partial charge in [-0.25, -0.2) is 8.42 Å². The zero-order chi connectivity index (χ0) is 22.4. The minimum atomic E-state index is -3.76. The van der Waals surface area contributed by atoms with Crippen molar-refractivity contribution in [2.45, 2.75) is 57.1 Å². The summed E-state index contributed by atoms with van der Waals surface area (Å²) in [5.74, 6) is -0.397. The number of hydrogen-bond acceptors (Lipinski definition) is 4. The van der Waals surface area contributed by atoms with Crippen LogP contribution in [0.2, 0.25) is 5.02 Å². The molecule has 0 aromatic heterocycles. The van der Waals surface area contributed by atoms with Crippen LogP contribution in [-0.2, 0) is 21.4 Å². The first-order chi connectivity index (χ1) is 14.8. The highest BCUT2D eigenvalue weighted by Crippen LogP contribution is 2.28. The summed E-state index contributed by atoms with van der Waals surface area (Å²) in [5, 5.41) is 2.95. The molecule has 0 saturated carbocycles. The zero-order valence-electron chi connectivity index (χ0n) is 17.9. The van der Waals surface area contributed by atoms with Crippen molar-refractivity contribution >= 4 is 33.2 Å². The Morgan fingerprint density at radius 2 is 1.81 bits per heavy atom. The van der Waals surface area contributed by atoms with Crippen molar-refractivity contribution in [3.8, 4) is 0 Å². The third kappa shape index (κ3) is 6.29. The number of hydrogen-bond donors (Lipinski definition) is 1. The van der Waals surface area contributed by atoms with E-state index < -0.39 is 15.9 Å². The summed E-state index contributed by atoms with van der Waals surface area (Å²) in [6, 6.07) is 11.7. The molecule has 0 bridgehead atoms. The summed E-state index contributed by atoms with van der Waals surface area (Å²) in [4.78, 5) is 12.8. The molecular formula is C23H29ClN2O4S. The molecule has 1 aliphatic heterocycles. The van der Waals surface area contributed by atoms with E-state index in [1.807, 2.05) is 32.0 Å². The lowest BCUT2D eigenvalue weighted by atomic mass is 10.2. The van der Waals surface area contributed by atoms with E-state index in [1.165, 1.54) is 22.5 Å². The maximum Gasteiger partial charge on any atom is 0.255 e. The SMILES string of the molecule is CC(C)OCc1cccc(NC(=O)c2ccc(Cl)c(S(=O)(=O)N3CCCCCC3)c2)c1. The molecule has 0 unspecified atom stereocenters. The van der Waals surface area contributed by atoms with Crippen molar-refractivity contribution in [2.75, 3.05) is 18.4 Å². The number of ether oxygens (including phenoxy) is 1. The molecule has 0 spiro atoms. The number of amides is 1. The van der Waals surface area contributed by atoms with E-state index >= 15 is 0 Å². The lowest BCUT2D eigenvalue weighted by Gasteiger charge is -2.21. The highest BCUT2D eigenvalue weighted by Gasteiger charge is 2.28. The predicted molar refractivity (Wildman–Crippen MR) is 123 cm³/mol. The number of carbonyl (C=O) groups excluding carboxylic acids is 1. The van der Waals surface area contributed by atoms with Crippen LogP contribution in [0.4, 0.5) is 5.69 Å². The average Bonchev–Trinajstić information content (AvgIpc) is 3.03. The highest BCUT2D eigenvalue weighted by atomic mass is 35.5. The van der Waals surface area contributed by atoms with Crippen LogP contribution in [-0.4, -0.2) is 37.8 Å². The van der Waals surface area contributed by atoms with Gasteiger partial charge >= 0.3 is 0 Å². The number of anilines is 1. The summed E-state index contributed by atoms with van der Waals surface area (Å²) in [6.07, 6.45) is 3.80. The second-order valence-electron chi connectivity index (χ2n) is 7.98. The first-order valence-electron chi connectivity index (χ1n) is 10.6. The fourth-order valence-electron chi connectivity index (χ4n) is 3.47. The Morgan fingerprint density at radius 1 is 1.10 bits per heavy atom. The van der Waals surface area contributed by atoms with E-state index in [-0.39, 0.29) is 21.6 Å². The molecule has 168 valence electrons. The molecule has 2 aromatic rings. The van der Waals surface area contributed by atoms with Gasteiger partial charge in [0.2, 0.25) is 10.0 Å². The lowest BCUT2D eigenvalue weighted by molar-refractivity contribution is 0.0657. The minimum Gasteiger partial charge on any atom is -0.374 e. The molecule has 31 heavy (non-hydrogen) atoms. The Kier molecular flexibility index (Phi) is 8.11. The second-order valence-corrected chi connectivity index (χ2v) is 10.3. The minimum absolute atomic E-state index is 0.0252. The van der Waals surface area contributed by atoms with Gasteiger partial charge in [0.15, 0.2) is 0 Å². The Morgan fingerprint density at radius 3 is 2.48 bits per heavy atom. The molecule has 0 radical (unpaired) electrons. The first-order valence-corrected chi connectivity index (χ1v) is 12.4. The van der Waals surface area contributed by atoms with Crippen LogP contribution in [0.1, 0.15) is 55.5 Å². The van der Waals surface area contributed by atoms with Gasteiger partial charge in [-0.2, -0.15) is 4.31 Å². The van der Waals surface area contributed by atoms with Crippen LogP contribution in [0.25, 0.3) is 0 Å². The smallest absolute Gasteiger partial charge is 0.255 e. The summed E-state index contributed by atoms with van der Waals surface area (Å²) >= 11 is 6.24. The molecule has 0 atom stereocenters. The van der Waals surface area contributed by atoms with Crippen LogP contribution in [0.15, 0.2) is 47.4 Å². The Hall–Kier alpha value is -1.93. The zero-order valence-corrected chi connectivity index (χ0v) is 19.5. The van der Waals surface area contributed by atoms with E-state index in [0.717, 1.165) is 31.2 Å². The van der Waals surface area contributed by atoms with E-state index in [0.29, 0.717) is 25.4 Å². The van der Waals surface area contributed by atoms with Gasteiger partial charge < -0.3 is 10.1 Å². The number of benzene rings is 2. The molecule has 1 heterocycles. The molecule has 1 fully saturated rings. The van der Waals surface area contributed by atoms with Gasteiger partial charge in [0, 0.05) is 24.3 Å². The predicted octanol–water partition coefficient (Wildman–Crippen LogP) is 5.08. The third-order valence-electron chi connectivity index (χ3n) is 5.14. The molecule has 6 nitrogen and oxygen atoms in total. The van der Waals surface area contributed by atoms with E-state index in [2.05, 4.69) is 5.32 Å². The van der Waals surface area contributed by atoms with Gasteiger partial charge in [0.05, 0.1) is 17.7 Å². The highest BCUT2D eigenvalue weighted by molar-refractivity contribution is 7.89. The number of nitrogens with one attached hydrogen (secondary N) is 1. The largest absolute Gasteiger partial charge is 0.374 e. The monoisotopic (exact) mass is 464 g/mol. The number of sulfonamides is 1. The first kappa shape index (κ1) is 23.7. The van der Waals surface area contributed by atoms with Gasteiger partial charge in [-0.1, -0.05) is 36.6 Å². The molecule has 0 aliphatic carbocycles. The molecular weight excluding hydrogens is 436 g/mol. The van der Waals surface area contributed by atoms with Gasteiger partial charge in [-0.15, -0.1) is 0 Å². The molecule has 2 aromatic carbocycles.